The van der Waals surface area contributed by atoms with E-state index in [1.165, 1.54) is 23.5 Å². The van der Waals surface area contributed by atoms with Gasteiger partial charge in [0.15, 0.2) is 5.13 Å². The lowest BCUT2D eigenvalue weighted by atomic mass is 10.0. The van der Waals surface area contributed by atoms with Crippen molar-refractivity contribution in [2.75, 3.05) is 5.32 Å². The maximum atomic E-state index is 12.7. The van der Waals surface area contributed by atoms with Crippen LogP contribution in [0, 0.1) is 0 Å². The predicted octanol–water partition coefficient (Wildman–Crippen LogP) is 4.29. The Morgan fingerprint density at radius 3 is 2.73 bits per heavy atom. The molecule has 0 fully saturated rings. The average molecular weight is 326 g/mol. The fraction of sp³-hybridized carbons (Fsp3) is 0.333. The van der Waals surface area contributed by atoms with Crippen LogP contribution in [0.2, 0.25) is 0 Å². The molecule has 0 spiro atoms. The lowest BCUT2D eigenvalue weighted by Crippen LogP contribution is -2.13. The number of anilines is 1. The highest BCUT2D eigenvalue weighted by Crippen LogP contribution is 2.31. The van der Waals surface area contributed by atoms with Crippen molar-refractivity contribution in [3.8, 4) is 0 Å². The van der Waals surface area contributed by atoms with E-state index in [0.717, 1.165) is 48.4 Å². The molecule has 1 aromatic carbocycles. The molecular formula is C15H13F3N2OS. The quantitative estimate of drug-likeness (QED) is 0.894. The summed E-state index contributed by atoms with van der Waals surface area (Å²) in [6.07, 6.45) is -0.428. The second kappa shape index (κ2) is 5.72. The maximum Gasteiger partial charge on any atom is 0.416 e. The summed E-state index contributed by atoms with van der Waals surface area (Å²) in [5.41, 5.74) is 0.136. The van der Waals surface area contributed by atoms with Crippen LogP contribution in [0.4, 0.5) is 18.3 Å². The number of nitrogens with zero attached hydrogens (tertiary/aromatic N) is 1. The van der Waals surface area contributed by atoms with Crippen LogP contribution < -0.4 is 5.32 Å². The van der Waals surface area contributed by atoms with Crippen molar-refractivity contribution in [1.82, 2.24) is 4.98 Å². The Kier molecular flexibility index (Phi) is 3.90. The van der Waals surface area contributed by atoms with Gasteiger partial charge in [0.1, 0.15) is 0 Å². The molecular weight excluding hydrogens is 313 g/mol. The Hall–Kier alpha value is -1.89. The minimum absolute atomic E-state index is 0.0250. The zero-order valence-corrected chi connectivity index (χ0v) is 12.4. The normalized spacial score (nSPS) is 14.5. The molecule has 3 rings (SSSR count). The zero-order valence-electron chi connectivity index (χ0n) is 11.5. The number of alkyl halides is 3. The number of carbonyl (C=O) groups is 1. The van der Waals surface area contributed by atoms with E-state index in [9.17, 15) is 18.0 Å². The number of aryl methyl sites for hydroxylation is 2. The number of halogens is 3. The number of fused-ring (bicyclic) bond motifs is 1. The summed E-state index contributed by atoms with van der Waals surface area (Å²) >= 11 is 1.40. The smallest absolute Gasteiger partial charge is 0.298 e. The first-order valence-electron chi connectivity index (χ1n) is 6.91. The molecule has 1 N–H and O–H groups in total. The molecule has 1 aromatic heterocycles. The third kappa shape index (κ3) is 3.14. The summed E-state index contributed by atoms with van der Waals surface area (Å²) in [4.78, 5) is 17.6. The highest BCUT2D eigenvalue weighted by Gasteiger charge is 2.31. The lowest BCUT2D eigenvalue weighted by molar-refractivity contribution is -0.137. The highest BCUT2D eigenvalue weighted by molar-refractivity contribution is 7.15. The van der Waals surface area contributed by atoms with E-state index in [4.69, 9.17) is 0 Å². The average Bonchev–Trinajstić information content (AvgIpc) is 2.88. The summed E-state index contributed by atoms with van der Waals surface area (Å²) in [5, 5.41) is 3.05. The fourth-order valence-corrected chi connectivity index (χ4v) is 3.46. The first kappa shape index (κ1) is 15.0. The molecule has 0 aliphatic heterocycles. The zero-order chi connectivity index (χ0) is 15.7. The molecule has 116 valence electrons. The summed E-state index contributed by atoms with van der Waals surface area (Å²) in [6.45, 7) is 0. The first-order valence-corrected chi connectivity index (χ1v) is 7.72. The van der Waals surface area contributed by atoms with Gasteiger partial charge in [0, 0.05) is 10.4 Å². The van der Waals surface area contributed by atoms with Crippen LogP contribution in [0.5, 0.6) is 0 Å². The van der Waals surface area contributed by atoms with Crippen molar-refractivity contribution >= 4 is 22.4 Å². The van der Waals surface area contributed by atoms with Crippen molar-refractivity contribution in [1.29, 1.82) is 0 Å². The molecule has 0 saturated carbocycles. The Morgan fingerprint density at radius 2 is 2.00 bits per heavy atom. The number of amides is 1. The summed E-state index contributed by atoms with van der Waals surface area (Å²) in [7, 11) is 0. The molecule has 1 aliphatic carbocycles. The third-order valence-corrected chi connectivity index (χ3v) is 4.59. The standard InChI is InChI=1S/C15H13F3N2OS/c16-15(17,18)10-5-3-4-9(8-10)13(21)20-14-19-11-6-1-2-7-12(11)22-14/h3-5,8H,1-2,6-7H2,(H,19,20,21). The molecule has 7 heteroatoms. The SMILES string of the molecule is O=C(Nc1nc2c(s1)CCCC2)c1cccc(C(F)(F)F)c1. The molecule has 3 nitrogen and oxygen atoms in total. The first-order chi connectivity index (χ1) is 10.4. The van der Waals surface area contributed by atoms with E-state index in [0.29, 0.717) is 5.13 Å². The Bertz CT molecular complexity index is 686. The van der Waals surface area contributed by atoms with Gasteiger partial charge in [0.05, 0.1) is 11.3 Å². The largest absolute Gasteiger partial charge is 0.416 e. The number of aromatic nitrogens is 1. The van der Waals surface area contributed by atoms with Crippen molar-refractivity contribution in [2.45, 2.75) is 31.9 Å². The second-order valence-corrected chi connectivity index (χ2v) is 6.21. The van der Waals surface area contributed by atoms with Gasteiger partial charge in [-0.3, -0.25) is 10.1 Å². The van der Waals surface area contributed by atoms with Crippen LogP contribution in [0.1, 0.15) is 39.3 Å². The Morgan fingerprint density at radius 1 is 1.23 bits per heavy atom. The summed E-state index contributed by atoms with van der Waals surface area (Å²) < 4.78 is 38.0. The molecule has 0 radical (unpaired) electrons. The van der Waals surface area contributed by atoms with E-state index in [1.807, 2.05) is 0 Å². The number of benzene rings is 1. The molecule has 22 heavy (non-hydrogen) atoms. The van der Waals surface area contributed by atoms with E-state index >= 15 is 0 Å². The van der Waals surface area contributed by atoms with Crippen LogP contribution in [0.25, 0.3) is 0 Å². The number of rotatable bonds is 2. The number of nitrogens with one attached hydrogen (secondary N) is 1. The number of carbonyl (C=O) groups excluding carboxylic acids is 1. The minimum Gasteiger partial charge on any atom is -0.298 e. The molecule has 0 unspecified atom stereocenters. The molecule has 1 heterocycles. The lowest BCUT2D eigenvalue weighted by Gasteiger charge is -2.08. The van der Waals surface area contributed by atoms with Gasteiger partial charge in [-0.2, -0.15) is 13.2 Å². The Balaban J connectivity index is 1.78. The number of thiazole rings is 1. The number of hydrogen-bond acceptors (Lipinski definition) is 3. The van der Waals surface area contributed by atoms with Crippen LogP contribution in [0.15, 0.2) is 24.3 Å². The van der Waals surface area contributed by atoms with Gasteiger partial charge >= 0.3 is 6.18 Å². The van der Waals surface area contributed by atoms with Crippen molar-refractivity contribution < 1.29 is 18.0 Å². The van der Waals surface area contributed by atoms with Gasteiger partial charge in [-0.25, -0.2) is 4.98 Å². The summed E-state index contributed by atoms with van der Waals surface area (Å²) in [5.74, 6) is -0.572. The van der Waals surface area contributed by atoms with Gasteiger partial charge in [-0.1, -0.05) is 6.07 Å². The predicted molar refractivity (Wildman–Crippen MR) is 78.2 cm³/mol. The number of hydrogen-bond donors (Lipinski definition) is 1. The van der Waals surface area contributed by atoms with Crippen molar-refractivity contribution in [3.05, 3.63) is 46.0 Å². The van der Waals surface area contributed by atoms with Gasteiger partial charge in [-0.05, 0) is 43.9 Å². The summed E-state index contributed by atoms with van der Waals surface area (Å²) in [6, 6.07) is 4.38. The van der Waals surface area contributed by atoms with E-state index in [1.54, 1.807) is 0 Å². The van der Waals surface area contributed by atoms with Gasteiger partial charge in [0.2, 0.25) is 0 Å². The van der Waals surface area contributed by atoms with E-state index in [2.05, 4.69) is 10.3 Å². The van der Waals surface area contributed by atoms with E-state index < -0.39 is 17.6 Å². The third-order valence-electron chi connectivity index (χ3n) is 3.52. The molecule has 0 saturated heterocycles. The highest BCUT2D eigenvalue weighted by atomic mass is 32.1. The maximum absolute atomic E-state index is 12.7. The van der Waals surface area contributed by atoms with Gasteiger partial charge in [0.25, 0.3) is 5.91 Å². The van der Waals surface area contributed by atoms with Crippen LogP contribution >= 0.6 is 11.3 Å². The minimum atomic E-state index is -4.46. The second-order valence-electron chi connectivity index (χ2n) is 5.13. The van der Waals surface area contributed by atoms with Crippen LogP contribution in [-0.2, 0) is 19.0 Å². The van der Waals surface area contributed by atoms with Crippen LogP contribution in [0.3, 0.4) is 0 Å². The van der Waals surface area contributed by atoms with Gasteiger partial charge < -0.3 is 0 Å². The fourth-order valence-electron chi connectivity index (χ4n) is 2.41. The topological polar surface area (TPSA) is 42.0 Å². The van der Waals surface area contributed by atoms with Crippen LogP contribution in [-0.4, -0.2) is 10.9 Å². The Labute approximate surface area is 129 Å². The van der Waals surface area contributed by atoms with Gasteiger partial charge in [-0.15, -0.1) is 11.3 Å². The monoisotopic (exact) mass is 326 g/mol. The molecule has 1 amide bonds. The molecule has 1 aliphatic rings. The van der Waals surface area contributed by atoms with Crippen molar-refractivity contribution in [2.24, 2.45) is 0 Å². The molecule has 2 aromatic rings. The molecule has 0 atom stereocenters. The molecule has 0 bridgehead atoms. The van der Waals surface area contributed by atoms with Crippen molar-refractivity contribution in [3.63, 3.8) is 0 Å². The van der Waals surface area contributed by atoms with E-state index in [-0.39, 0.29) is 5.56 Å².